The SMILES string of the molecule is CC(CC(O)c1ccco1)NC(=O)NCc1ccccc1CN(C)C. The van der Waals surface area contributed by atoms with Crippen molar-refractivity contribution in [1.82, 2.24) is 15.5 Å². The summed E-state index contributed by atoms with van der Waals surface area (Å²) in [4.78, 5) is 14.2. The monoisotopic (exact) mass is 345 g/mol. The van der Waals surface area contributed by atoms with Crippen LogP contribution in [0.4, 0.5) is 4.79 Å². The van der Waals surface area contributed by atoms with Gasteiger partial charge in [0.05, 0.1) is 6.26 Å². The summed E-state index contributed by atoms with van der Waals surface area (Å²) in [6, 6.07) is 11.1. The minimum atomic E-state index is -0.730. The highest BCUT2D eigenvalue weighted by Gasteiger charge is 2.16. The van der Waals surface area contributed by atoms with Gasteiger partial charge in [-0.15, -0.1) is 0 Å². The van der Waals surface area contributed by atoms with Crippen LogP contribution in [0.1, 0.15) is 36.3 Å². The van der Waals surface area contributed by atoms with E-state index in [-0.39, 0.29) is 12.1 Å². The minimum Gasteiger partial charge on any atom is -0.467 e. The maximum absolute atomic E-state index is 12.1. The molecule has 2 atom stereocenters. The van der Waals surface area contributed by atoms with Crippen LogP contribution in [0.25, 0.3) is 0 Å². The van der Waals surface area contributed by atoms with E-state index < -0.39 is 6.10 Å². The Balaban J connectivity index is 1.80. The molecular formula is C19H27N3O3. The number of furan rings is 1. The molecule has 1 aromatic heterocycles. The molecule has 0 saturated heterocycles. The lowest BCUT2D eigenvalue weighted by atomic mass is 10.1. The van der Waals surface area contributed by atoms with Crippen LogP contribution in [-0.4, -0.2) is 36.2 Å². The molecule has 136 valence electrons. The number of amides is 2. The summed E-state index contributed by atoms with van der Waals surface area (Å²) in [5, 5.41) is 15.8. The zero-order chi connectivity index (χ0) is 18.2. The molecule has 0 spiro atoms. The fraction of sp³-hybridized carbons (Fsp3) is 0.421. The predicted octanol–water partition coefficient (Wildman–Crippen LogP) is 2.65. The van der Waals surface area contributed by atoms with Crippen molar-refractivity contribution in [1.29, 1.82) is 0 Å². The van der Waals surface area contributed by atoms with E-state index in [0.717, 1.165) is 12.1 Å². The third kappa shape index (κ3) is 6.25. The Labute approximate surface area is 148 Å². The van der Waals surface area contributed by atoms with Crippen LogP contribution in [0.5, 0.6) is 0 Å². The van der Waals surface area contributed by atoms with E-state index in [1.807, 2.05) is 39.2 Å². The first-order valence-electron chi connectivity index (χ1n) is 8.43. The molecule has 0 saturated carbocycles. The molecule has 6 nitrogen and oxygen atoms in total. The van der Waals surface area contributed by atoms with E-state index in [1.165, 1.54) is 11.8 Å². The van der Waals surface area contributed by atoms with Crippen molar-refractivity contribution in [2.24, 2.45) is 0 Å². The highest BCUT2D eigenvalue weighted by molar-refractivity contribution is 5.74. The summed E-state index contributed by atoms with van der Waals surface area (Å²) in [6.45, 7) is 3.14. The quantitative estimate of drug-likeness (QED) is 0.687. The fourth-order valence-electron chi connectivity index (χ4n) is 2.67. The molecule has 0 aliphatic carbocycles. The van der Waals surface area contributed by atoms with Crippen LogP contribution < -0.4 is 10.6 Å². The van der Waals surface area contributed by atoms with Crippen LogP contribution in [0, 0.1) is 0 Å². The van der Waals surface area contributed by atoms with Crippen molar-refractivity contribution in [2.45, 2.75) is 38.6 Å². The van der Waals surface area contributed by atoms with Gasteiger partial charge in [-0.1, -0.05) is 24.3 Å². The third-order valence-electron chi connectivity index (χ3n) is 3.87. The normalized spacial score (nSPS) is 13.5. The van der Waals surface area contributed by atoms with Crippen molar-refractivity contribution in [3.63, 3.8) is 0 Å². The summed E-state index contributed by atoms with van der Waals surface area (Å²) in [5.41, 5.74) is 2.28. The van der Waals surface area contributed by atoms with Crippen molar-refractivity contribution in [3.8, 4) is 0 Å². The van der Waals surface area contributed by atoms with Crippen LogP contribution in [-0.2, 0) is 13.1 Å². The Morgan fingerprint density at radius 2 is 1.92 bits per heavy atom. The molecule has 2 amide bonds. The molecule has 2 unspecified atom stereocenters. The highest BCUT2D eigenvalue weighted by Crippen LogP contribution is 2.18. The van der Waals surface area contributed by atoms with Gasteiger partial charge < -0.3 is 25.1 Å². The smallest absolute Gasteiger partial charge is 0.315 e. The fourth-order valence-corrected chi connectivity index (χ4v) is 2.67. The Morgan fingerprint density at radius 1 is 1.20 bits per heavy atom. The van der Waals surface area contributed by atoms with Gasteiger partial charge in [-0.3, -0.25) is 0 Å². The topological polar surface area (TPSA) is 77.7 Å². The number of aliphatic hydroxyl groups is 1. The number of aliphatic hydroxyl groups excluding tert-OH is 1. The molecule has 0 aliphatic rings. The van der Waals surface area contributed by atoms with Gasteiger partial charge in [0.25, 0.3) is 0 Å². The number of rotatable bonds is 8. The van der Waals surface area contributed by atoms with Crippen LogP contribution in [0.3, 0.4) is 0 Å². The minimum absolute atomic E-state index is 0.183. The summed E-state index contributed by atoms with van der Waals surface area (Å²) < 4.78 is 5.17. The standard InChI is InChI=1S/C19H27N3O3/c1-14(11-17(23)18-9-6-10-25-18)21-19(24)20-12-15-7-4-5-8-16(15)13-22(2)3/h4-10,14,17,23H,11-13H2,1-3H3,(H2,20,21,24). The molecule has 2 aromatic rings. The number of nitrogens with one attached hydrogen (secondary N) is 2. The molecule has 25 heavy (non-hydrogen) atoms. The molecule has 0 bridgehead atoms. The lowest BCUT2D eigenvalue weighted by Gasteiger charge is -2.18. The molecule has 1 heterocycles. The number of benzene rings is 1. The predicted molar refractivity (Wildman–Crippen MR) is 97.0 cm³/mol. The third-order valence-corrected chi connectivity index (χ3v) is 3.87. The first kappa shape index (κ1) is 19.0. The van der Waals surface area contributed by atoms with Gasteiger partial charge in [-0.2, -0.15) is 0 Å². The highest BCUT2D eigenvalue weighted by atomic mass is 16.4. The van der Waals surface area contributed by atoms with Gasteiger partial charge in [0.1, 0.15) is 11.9 Å². The Hall–Kier alpha value is -2.31. The van der Waals surface area contributed by atoms with Gasteiger partial charge in [0.2, 0.25) is 0 Å². The Morgan fingerprint density at radius 3 is 2.56 bits per heavy atom. The van der Waals surface area contributed by atoms with E-state index in [0.29, 0.717) is 18.7 Å². The number of urea groups is 1. The second-order valence-electron chi connectivity index (χ2n) is 6.50. The largest absolute Gasteiger partial charge is 0.467 e. The molecule has 1 aromatic carbocycles. The second-order valence-corrected chi connectivity index (χ2v) is 6.50. The molecule has 6 heteroatoms. The first-order chi connectivity index (χ1) is 12.0. The average molecular weight is 345 g/mol. The summed E-state index contributed by atoms with van der Waals surface area (Å²) in [5.74, 6) is 0.506. The van der Waals surface area contributed by atoms with Crippen LogP contribution in [0.2, 0.25) is 0 Å². The van der Waals surface area contributed by atoms with Crippen molar-refractivity contribution < 1.29 is 14.3 Å². The number of hydrogen-bond donors (Lipinski definition) is 3. The number of nitrogens with zero attached hydrogens (tertiary/aromatic N) is 1. The Bertz CT molecular complexity index is 656. The average Bonchev–Trinajstić information content (AvgIpc) is 3.08. The second kappa shape index (κ2) is 9.25. The van der Waals surface area contributed by atoms with Crippen molar-refractivity contribution >= 4 is 6.03 Å². The first-order valence-corrected chi connectivity index (χ1v) is 8.43. The van der Waals surface area contributed by atoms with Gasteiger partial charge in [-0.25, -0.2) is 4.79 Å². The zero-order valence-corrected chi connectivity index (χ0v) is 15.0. The maximum atomic E-state index is 12.1. The van der Waals surface area contributed by atoms with E-state index >= 15 is 0 Å². The molecule has 2 rings (SSSR count). The van der Waals surface area contributed by atoms with E-state index in [1.54, 1.807) is 12.1 Å². The number of carbonyl (C=O) groups is 1. The Kier molecular flexibility index (Phi) is 7.03. The van der Waals surface area contributed by atoms with E-state index in [9.17, 15) is 9.90 Å². The molecule has 3 N–H and O–H groups in total. The van der Waals surface area contributed by atoms with Gasteiger partial charge in [0.15, 0.2) is 0 Å². The van der Waals surface area contributed by atoms with Gasteiger partial charge >= 0.3 is 6.03 Å². The molecular weight excluding hydrogens is 318 g/mol. The van der Waals surface area contributed by atoms with E-state index in [2.05, 4.69) is 21.6 Å². The van der Waals surface area contributed by atoms with Crippen LogP contribution >= 0.6 is 0 Å². The molecule has 0 aliphatic heterocycles. The molecule has 0 radical (unpaired) electrons. The van der Waals surface area contributed by atoms with Crippen LogP contribution in [0.15, 0.2) is 47.1 Å². The summed E-state index contributed by atoms with van der Waals surface area (Å²) in [7, 11) is 4.03. The number of hydrogen-bond acceptors (Lipinski definition) is 4. The van der Waals surface area contributed by atoms with Crippen molar-refractivity contribution in [2.75, 3.05) is 14.1 Å². The molecule has 0 fully saturated rings. The maximum Gasteiger partial charge on any atom is 0.315 e. The summed E-state index contributed by atoms with van der Waals surface area (Å²) in [6.07, 6.45) is 1.18. The van der Waals surface area contributed by atoms with Gasteiger partial charge in [-0.05, 0) is 44.3 Å². The lowest BCUT2D eigenvalue weighted by Crippen LogP contribution is -2.41. The summed E-state index contributed by atoms with van der Waals surface area (Å²) >= 11 is 0. The van der Waals surface area contributed by atoms with Crippen molar-refractivity contribution in [3.05, 3.63) is 59.5 Å². The lowest BCUT2D eigenvalue weighted by molar-refractivity contribution is 0.129. The number of carbonyl (C=O) groups excluding carboxylic acids is 1. The zero-order valence-electron chi connectivity index (χ0n) is 15.0. The van der Waals surface area contributed by atoms with Gasteiger partial charge in [0, 0.05) is 25.6 Å². The van der Waals surface area contributed by atoms with E-state index in [4.69, 9.17) is 4.42 Å².